The first-order valence-electron chi connectivity index (χ1n) is 8.76. The number of nitrogens with one attached hydrogen (secondary N) is 1. The van der Waals surface area contributed by atoms with Gasteiger partial charge in [-0.1, -0.05) is 11.6 Å². The van der Waals surface area contributed by atoms with Crippen molar-refractivity contribution in [3.8, 4) is 23.6 Å². The fourth-order valence-corrected chi connectivity index (χ4v) is 2.99. The predicted octanol–water partition coefficient (Wildman–Crippen LogP) is 4.37. The number of aliphatic hydroxyl groups is 1. The molecule has 0 saturated carbocycles. The minimum Gasteiger partial charge on any atom is -0.418 e. The third-order valence-electron chi connectivity index (χ3n) is 4.46. The first-order valence-corrected chi connectivity index (χ1v) is 9.14. The Morgan fingerprint density at radius 1 is 1.10 bits per heavy atom. The molecule has 146 valence electrons. The number of hydrogen-bond acceptors (Lipinski definition) is 7. The van der Waals surface area contributed by atoms with Crippen molar-refractivity contribution in [2.45, 2.75) is 32.4 Å². The Balaban J connectivity index is 1.95. The van der Waals surface area contributed by atoms with E-state index in [-0.39, 0.29) is 11.8 Å². The van der Waals surface area contributed by atoms with Crippen LogP contribution in [0.15, 0.2) is 40.8 Å². The molecule has 1 atom stereocenters. The maximum atomic E-state index is 10.7. The topological polar surface area (TPSA) is 119 Å². The Labute approximate surface area is 173 Å². The second kappa shape index (κ2) is 7.92. The molecule has 29 heavy (non-hydrogen) atoms. The van der Waals surface area contributed by atoms with E-state index in [1.807, 2.05) is 6.07 Å². The lowest BCUT2D eigenvalue weighted by atomic mass is 9.97. The molecule has 0 amide bonds. The van der Waals surface area contributed by atoms with Crippen molar-refractivity contribution in [3.05, 3.63) is 64.0 Å². The van der Waals surface area contributed by atoms with E-state index in [2.05, 4.69) is 21.6 Å². The van der Waals surface area contributed by atoms with Crippen molar-refractivity contribution in [1.82, 2.24) is 10.2 Å². The Morgan fingerprint density at radius 2 is 1.79 bits per heavy atom. The first-order chi connectivity index (χ1) is 13.7. The van der Waals surface area contributed by atoms with Gasteiger partial charge >= 0.3 is 0 Å². The molecule has 8 heteroatoms. The summed E-state index contributed by atoms with van der Waals surface area (Å²) in [5.74, 6) is 0.465. The van der Waals surface area contributed by atoms with Gasteiger partial charge in [0.05, 0.1) is 27.8 Å². The summed E-state index contributed by atoms with van der Waals surface area (Å²) < 4.78 is 5.81. The van der Waals surface area contributed by atoms with Gasteiger partial charge in [0, 0.05) is 11.3 Å². The van der Waals surface area contributed by atoms with E-state index in [0.717, 1.165) is 0 Å². The van der Waals surface area contributed by atoms with Crippen LogP contribution in [-0.2, 0) is 0 Å². The standard InChI is InChI=1S/C21H18ClN5O2/c1-12-16(9-8-15(11-24)17(12)22)25-18(21(2,3)28)20-27-26-19(29-20)14-6-4-13(10-23)5-7-14/h4-9,18,25,28H,1-3H3/t18-/m0/s1. The maximum absolute atomic E-state index is 10.7. The zero-order valence-electron chi connectivity index (χ0n) is 16.1. The molecule has 7 nitrogen and oxygen atoms in total. The van der Waals surface area contributed by atoms with Gasteiger partial charge < -0.3 is 14.8 Å². The van der Waals surface area contributed by atoms with E-state index in [1.165, 1.54) is 0 Å². The van der Waals surface area contributed by atoms with Crippen molar-refractivity contribution in [3.63, 3.8) is 0 Å². The number of rotatable bonds is 5. The fourth-order valence-electron chi connectivity index (χ4n) is 2.78. The quantitative estimate of drug-likeness (QED) is 0.644. The number of nitriles is 2. The lowest BCUT2D eigenvalue weighted by Gasteiger charge is -2.29. The lowest BCUT2D eigenvalue weighted by molar-refractivity contribution is 0.0502. The van der Waals surface area contributed by atoms with Gasteiger partial charge in [0.15, 0.2) is 0 Å². The fraction of sp³-hybridized carbons (Fsp3) is 0.238. The van der Waals surface area contributed by atoms with E-state index < -0.39 is 11.6 Å². The second-order valence-electron chi connectivity index (χ2n) is 7.08. The van der Waals surface area contributed by atoms with Crippen LogP contribution in [0.1, 0.15) is 42.5 Å². The van der Waals surface area contributed by atoms with Gasteiger partial charge in [0.2, 0.25) is 11.8 Å². The van der Waals surface area contributed by atoms with Crippen molar-refractivity contribution >= 4 is 17.3 Å². The van der Waals surface area contributed by atoms with Crippen LogP contribution in [0.5, 0.6) is 0 Å². The van der Waals surface area contributed by atoms with E-state index >= 15 is 0 Å². The monoisotopic (exact) mass is 407 g/mol. The number of hydrogen-bond donors (Lipinski definition) is 2. The molecular weight excluding hydrogens is 390 g/mol. The van der Waals surface area contributed by atoms with Gasteiger partial charge in [0.25, 0.3) is 0 Å². The van der Waals surface area contributed by atoms with E-state index in [4.69, 9.17) is 26.5 Å². The highest BCUT2D eigenvalue weighted by atomic mass is 35.5. The Morgan fingerprint density at radius 3 is 2.38 bits per heavy atom. The predicted molar refractivity (Wildman–Crippen MR) is 108 cm³/mol. The molecule has 0 spiro atoms. The van der Waals surface area contributed by atoms with Gasteiger partial charge in [-0.25, -0.2) is 0 Å². The van der Waals surface area contributed by atoms with Crippen molar-refractivity contribution < 1.29 is 9.52 Å². The number of halogens is 1. The summed E-state index contributed by atoms with van der Waals surface area (Å²) in [4.78, 5) is 0. The highest BCUT2D eigenvalue weighted by molar-refractivity contribution is 6.32. The smallest absolute Gasteiger partial charge is 0.247 e. The second-order valence-corrected chi connectivity index (χ2v) is 7.46. The summed E-state index contributed by atoms with van der Waals surface area (Å²) in [6.45, 7) is 5.02. The van der Waals surface area contributed by atoms with Crippen molar-refractivity contribution in [2.24, 2.45) is 0 Å². The zero-order valence-corrected chi connectivity index (χ0v) is 16.8. The summed E-state index contributed by atoms with van der Waals surface area (Å²) in [6, 6.07) is 13.4. The average molecular weight is 408 g/mol. The normalized spacial score (nSPS) is 12.1. The van der Waals surface area contributed by atoms with Crippen LogP contribution < -0.4 is 5.32 Å². The van der Waals surface area contributed by atoms with E-state index in [0.29, 0.717) is 33.0 Å². The van der Waals surface area contributed by atoms with E-state index in [1.54, 1.807) is 57.2 Å². The van der Waals surface area contributed by atoms with Gasteiger partial charge in [-0.15, -0.1) is 10.2 Å². The molecule has 3 rings (SSSR count). The molecule has 3 aromatic rings. The summed E-state index contributed by atoms with van der Waals surface area (Å²) in [7, 11) is 0. The maximum Gasteiger partial charge on any atom is 0.247 e. The molecule has 0 aliphatic heterocycles. The number of nitrogens with zero attached hydrogens (tertiary/aromatic N) is 4. The largest absolute Gasteiger partial charge is 0.418 e. The van der Waals surface area contributed by atoms with Crippen LogP contribution in [0.2, 0.25) is 5.02 Å². The summed E-state index contributed by atoms with van der Waals surface area (Å²) in [5, 5.41) is 40.4. The van der Waals surface area contributed by atoms with Crippen molar-refractivity contribution in [2.75, 3.05) is 5.32 Å². The lowest BCUT2D eigenvalue weighted by Crippen LogP contribution is -2.34. The Bertz CT molecular complexity index is 1120. The molecule has 2 aromatic carbocycles. The highest BCUT2D eigenvalue weighted by Gasteiger charge is 2.34. The van der Waals surface area contributed by atoms with Crippen LogP contribution in [0.4, 0.5) is 5.69 Å². The molecule has 2 N–H and O–H groups in total. The van der Waals surface area contributed by atoms with Gasteiger partial charge in [-0.05, 0) is 62.7 Å². The highest BCUT2D eigenvalue weighted by Crippen LogP contribution is 2.34. The number of anilines is 1. The summed E-state index contributed by atoms with van der Waals surface area (Å²) in [5.41, 5.74) is 1.62. The molecular formula is C21H18ClN5O2. The van der Waals surface area contributed by atoms with Crippen LogP contribution >= 0.6 is 11.6 Å². The summed E-state index contributed by atoms with van der Waals surface area (Å²) in [6.07, 6.45) is 0. The minimum atomic E-state index is -1.25. The van der Waals surface area contributed by atoms with Crippen molar-refractivity contribution in [1.29, 1.82) is 10.5 Å². The van der Waals surface area contributed by atoms with Crippen LogP contribution in [0, 0.1) is 29.6 Å². The van der Waals surface area contributed by atoms with Crippen LogP contribution in [-0.4, -0.2) is 20.9 Å². The molecule has 1 aromatic heterocycles. The molecule has 0 aliphatic carbocycles. The number of benzene rings is 2. The van der Waals surface area contributed by atoms with Gasteiger partial charge in [-0.2, -0.15) is 10.5 Å². The van der Waals surface area contributed by atoms with Crippen LogP contribution in [0.3, 0.4) is 0 Å². The molecule has 0 bridgehead atoms. The molecule has 0 aliphatic rings. The molecule has 1 heterocycles. The molecule has 0 saturated heterocycles. The molecule has 0 unspecified atom stereocenters. The average Bonchev–Trinajstić information content (AvgIpc) is 3.18. The molecule has 0 radical (unpaired) electrons. The molecule has 0 fully saturated rings. The Hall–Kier alpha value is -3.39. The summed E-state index contributed by atoms with van der Waals surface area (Å²) >= 11 is 6.25. The third kappa shape index (κ3) is 4.22. The van der Waals surface area contributed by atoms with E-state index in [9.17, 15) is 5.11 Å². The Kier molecular flexibility index (Phi) is 5.56. The minimum absolute atomic E-state index is 0.191. The van der Waals surface area contributed by atoms with Crippen LogP contribution in [0.25, 0.3) is 11.5 Å². The van der Waals surface area contributed by atoms with Gasteiger partial charge in [-0.3, -0.25) is 0 Å². The number of aromatic nitrogens is 2. The zero-order chi connectivity index (χ0) is 21.2. The van der Waals surface area contributed by atoms with Gasteiger partial charge in [0.1, 0.15) is 12.1 Å². The SMILES string of the molecule is Cc1c(N[C@@H](c2nnc(-c3ccc(C#N)cc3)o2)C(C)(C)O)ccc(C#N)c1Cl. The first kappa shape index (κ1) is 20.3. The third-order valence-corrected chi connectivity index (χ3v) is 4.95.